The van der Waals surface area contributed by atoms with Crippen LogP contribution >= 0.6 is 23.2 Å². The first-order chi connectivity index (χ1) is 9.54. The number of fused-ring (bicyclic) bond motifs is 1. The van der Waals surface area contributed by atoms with Crippen LogP contribution in [0.2, 0.25) is 10.0 Å². The fraction of sp³-hybridized carbons (Fsp3) is 0.0714. The average Bonchev–Trinajstić information content (AvgIpc) is 2.80. The Kier molecular flexibility index (Phi) is 3.30. The second kappa shape index (κ2) is 4.98. The largest absolute Gasteiger partial charge is 0.323 e. The van der Waals surface area contributed by atoms with E-state index in [2.05, 4.69) is 9.97 Å². The first-order valence-corrected chi connectivity index (χ1v) is 6.72. The van der Waals surface area contributed by atoms with Crippen LogP contribution in [0.1, 0.15) is 17.2 Å². The molecule has 1 heterocycles. The number of nitrogens with two attached hydrogens (primary N) is 1. The maximum absolute atomic E-state index is 11.2. The van der Waals surface area contributed by atoms with E-state index in [4.69, 9.17) is 28.9 Å². The van der Waals surface area contributed by atoms with Crippen molar-refractivity contribution < 1.29 is 0 Å². The van der Waals surface area contributed by atoms with Crippen molar-refractivity contribution in [2.45, 2.75) is 6.04 Å². The third kappa shape index (κ3) is 2.33. The van der Waals surface area contributed by atoms with Gasteiger partial charge in [-0.15, -0.1) is 0 Å². The molecule has 0 aliphatic heterocycles. The van der Waals surface area contributed by atoms with Crippen LogP contribution in [0.4, 0.5) is 0 Å². The van der Waals surface area contributed by atoms with E-state index in [1.807, 2.05) is 24.3 Å². The maximum atomic E-state index is 11.2. The number of hydrogen-bond donors (Lipinski definition) is 3. The van der Waals surface area contributed by atoms with Crippen molar-refractivity contribution in [2.24, 2.45) is 5.73 Å². The minimum absolute atomic E-state index is 0.236. The summed E-state index contributed by atoms with van der Waals surface area (Å²) in [5, 5.41) is 0.962. The van der Waals surface area contributed by atoms with Gasteiger partial charge in [-0.25, -0.2) is 4.79 Å². The van der Waals surface area contributed by atoms with E-state index in [0.717, 1.165) is 22.2 Å². The van der Waals surface area contributed by atoms with E-state index in [0.29, 0.717) is 10.0 Å². The van der Waals surface area contributed by atoms with Crippen LogP contribution in [0, 0.1) is 0 Å². The topological polar surface area (TPSA) is 74.7 Å². The highest BCUT2D eigenvalue weighted by Crippen LogP contribution is 2.28. The molecule has 0 aliphatic rings. The molecule has 0 bridgehead atoms. The standard InChI is InChI=1S/C14H11Cl2N3O/c15-9-3-1-7(5-10(9)16)13(17)8-2-4-11-12(6-8)19-14(20)18-11/h1-6,13H,17H2,(H2,18,19,20). The van der Waals surface area contributed by atoms with Crippen molar-refractivity contribution in [3.05, 3.63) is 68.1 Å². The third-order valence-corrected chi connectivity index (χ3v) is 3.94. The zero-order valence-electron chi connectivity index (χ0n) is 10.3. The van der Waals surface area contributed by atoms with Crippen LogP contribution in [0.3, 0.4) is 0 Å². The number of aromatic nitrogens is 2. The summed E-state index contributed by atoms with van der Waals surface area (Å²) in [7, 11) is 0. The van der Waals surface area contributed by atoms with Gasteiger partial charge in [-0.05, 0) is 35.4 Å². The van der Waals surface area contributed by atoms with E-state index >= 15 is 0 Å². The Balaban J connectivity index is 2.04. The lowest BCUT2D eigenvalue weighted by Gasteiger charge is -2.13. The molecule has 0 aliphatic carbocycles. The molecule has 0 fully saturated rings. The van der Waals surface area contributed by atoms with Gasteiger partial charge in [0.15, 0.2) is 0 Å². The molecule has 0 spiro atoms. The molecule has 0 radical (unpaired) electrons. The van der Waals surface area contributed by atoms with E-state index in [9.17, 15) is 4.79 Å². The Morgan fingerprint density at radius 3 is 2.30 bits per heavy atom. The zero-order valence-corrected chi connectivity index (χ0v) is 11.8. The van der Waals surface area contributed by atoms with Gasteiger partial charge in [0.05, 0.1) is 27.1 Å². The predicted octanol–water partition coefficient (Wildman–Crippen LogP) is 3.21. The Bertz CT molecular complexity index is 838. The Morgan fingerprint density at radius 2 is 1.55 bits per heavy atom. The second-order valence-corrected chi connectivity index (χ2v) is 5.35. The molecule has 0 saturated heterocycles. The predicted molar refractivity (Wildman–Crippen MR) is 81.4 cm³/mol. The van der Waals surface area contributed by atoms with Gasteiger partial charge >= 0.3 is 5.69 Å². The lowest BCUT2D eigenvalue weighted by Crippen LogP contribution is -2.11. The van der Waals surface area contributed by atoms with Crippen LogP contribution in [0.25, 0.3) is 11.0 Å². The first-order valence-electron chi connectivity index (χ1n) is 5.97. The number of nitrogens with one attached hydrogen (secondary N) is 2. The lowest BCUT2D eigenvalue weighted by molar-refractivity contribution is 0.873. The number of rotatable bonds is 2. The third-order valence-electron chi connectivity index (χ3n) is 3.20. The van der Waals surface area contributed by atoms with E-state index < -0.39 is 0 Å². The zero-order chi connectivity index (χ0) is 14.3. The molecule has 0 saturated carbocycles. The summed E-state index contributed by atoms with van der Waals surface area (Å²) in [6, 6.07) is 10.5. The number of hydrogen-bond acceptors (Lipinski definition) is 2. The molecule has 2 aromatic carbocycles. The SMILES string of the molecule is NC(c1ccc(Cl)c(Cl)c1)c1ccc2[nH]c(=O)[nH]c2c1. The molecule has 1 atom stereocenters. The van der Waals surface area contributed by atoms with E-state index in [1.165, 1.54) is 0 Å². The Labute approximate surface area is 124 Å². The molecule has 1 aromatic heterocycles. The van der Waals surface area contributed by atoms with Crippen molar-refractivity contribution in [3.8, 4) is 0 Å². The quantitative estimate of drug-likeness (QED) is 0.680. The highest BCUT2D eigenvalue weighted by molar-refractivity contribution is 6.42. The van der Waals surface area contributed by atoms with Gasteiger partial charge < -0.3 is 15.7 Å². The molecular weight excluding hydrogens is 297 g/mol. The first kappa shape index (κ1) is 13.2. The molecule has 102 valence electrons. The average molecular weight is 308 g/mol. The summed E-state index contributed by atoms with van der Waals surface area (Å²) >= 11 is 11.9. The smallest absolute Gasteiger partial charge is 0.320 e. The Morgan fingerprint density at radius 1 is 0.900 bits per heavy atom. The number of H-pyrrole nitrogens is 2. The van der Waals surface area contributed by atoms with Crippen LogP contribution < -0.4 is 11.4 Å². The number of imidazole rings is 1. The second-order valence-electron chi connectivity index (χ2n) is 4.54. The normalized spacial score (nSPS) is 12.8. The highest BCUT2D eigenvalue weighted by Gasteiger charge is 2.12. The van der Waals surface area contributed by atoms with Crippen molar-refractivity contribution >= 4 is 34.2 Å². The van der Waals surface area contributed by atoms with Crippen LogP contribution in [-0.2, 0) is 0 Å². The van der Waals surface area contributed by atoms with Crippen molar-refractivity contribution in [2.75, 3.05) is 0 Å². The fourth-order valence-electron chi connectivity index (χ4n) is 2.14. The van der Waals surface area contributed by atoms with Gasteiger partial charge in [-0.3, -0.25) is 0 Å². The molecule has 4 N–H and O–H groups in total. The van der Waals surface area contributed by atoms with Crippen molar-refractivity contribution in [1.29, 1.82) is 0 Å². The summed E-state index contributed by atoms with van der Waals surface area (Å²) in [4.78, 5) is 16.6. The summed E-state index contributed by atoms with van der Waals surface area (Å²) in [5.41, 5.74) is 9.21. The van der Waals surface area contributed by atoms with Gasteiger partial charge in [0.25, 0.3) is 0 Å². The van der Waals surface area contributed by atoms with Gasteiger partial charge in [0.1, 0.15) is 0 Å². The molecule has 0 amide bonds. The molecular formula is C14H11Cl2N3O. The number of benzene rings is 2. The van der Waals surface area contributed by atoms with Crippen molar-refractivity contribution in [1.82, 2.24) is 9.97 Å². The van der Waals surface area contributed by atoms with Gasteiger partial charge in [0, 0.05) is 0 Å². The van der Waals surface area contributed by atoms with Gasteiger partial charge in [-0.1, -0.05) is 35.3 Å². The monoisotopic (exact) mass is 307 g/mol. The van der Waals surface area contributed by atoms with Crippen molar-refractivity contribution in [3.63, 3.8) is 0 Å². The molecule has 6 heteroatoms. The summed E-state index contributed by atoms with van der Waals surface area (Å²) in [6.07, 6.45) is 0. The molecule has 20 heavy (non-hydrogen) atoms. The molecule has 4 nitrogen and oxygen atoms in total. The fourth-order valence-corrected chi connectivity index (χ4v) is 2.45. The van der Waals surface area contributed by atoms with Crippen LogP contribution in [-0.4, -0.2) is 9.97 Å². The van der Waals surface area contributed by atoms with E-state index in [-0.39, 0.29) is 11.7 Å². The number of halogens is 2. The Hall–Kier alpha value is -1.75. The van der Waals surface area contributed by atoms with Crippen LogP contribution in [0.15, 0.2) is 41.2 Å². The molecule has 1 unspecified atom stereocenters. The van der Waals surface area contributed by atoms with Crippen LogP contribution in [0.5, 0.6) is 0 Å². The summed E-state index contributed by atoms with van der Waals surface area (Å²) in [6.45, 7) is 0. The van der Waals surface area contributed by atoms with Gasteiger partial charge in [-0.2, -0.15) is 0 Å². The minimum Gasteiger partial charge on any atom is -0.320 e. The summed E-state index contributed by atoms with van der Waals surface area (Å²) < 4.78 is 0. The lowest BCUT2D eigenvalue weighted by atomic mass is 9.99. The minimum atomic E-state index is -0.340. The summed E-state index contributed by atoms with van der Waals surface area (Å²) in [5.74, 6) is 0. The molecule has 3 aromatic rings. The molecule has 3 rings (SSSR count). The number of aromatic amines is 2. The van der Waals surface area contributed by atoms with E-state index in [1.54, 1.807) is 12.1 Å². The van der Waals surface area contributed by atoms with Gasteiger partial charge in [0.2, 0.25) is 0 Å². The maximum Gasteiger partial charge on any atom is 0.323 e. The highest BCUT2D eigenvalue weighted by atomic mass is 35.5.